The molecule has 0 heterocycles. The van der Waals surface area contributed by atoms with E-state index < -0.39 is 24.3 Å². The Morgan fingerprint density at radius 1 is 0.448 bits per heavy atom. The largest absolute Gasteiger partial charge is 0.545 e. The normalized spacial score (nSPS) is 12.9. The fraction of sp³-hybridized carbons (Fsp3) is 0.879. The number of allylic oxidation sites excluding steroid dienone is 4. The lowest BCUT2D eigenvalue weighted by Gasteiger charge is -2.26. The van der Waals surface area contributed by atoms with Gasteiger partial charge in [0.1, 0.15) is 13.2 Å². The van der Waals surface area contributed by atoms with E-state index in [4.69, 9.17) is 18.9 Å². The summed E-state index contributed by atoms with van der Waals surface area (Å²) in [5.74, 6) is -2.27. The van der Waals surface area contributed by atoms with Crippen LogP contribution in [0.15, 0.2) is 24.3 Å². The van der Waals surface area contributed by atoms with Gasteiger partial charge in [-0.2, -0.15) is 0 Å². The average Bonchev–Trinajstić information content (AvgIpc) is 3.29. The topological polar surface area (TPSA) is 111 Å². The first-order valence-electron chi connectivity index (χ1n) is 28.5. The number of aliphatic carboxylic acids is 1. The van der Waals surface area contributed by atoms with Crippen molar-refractivity contribution in [2.24, 2.45) is 0 Å². The van der Waals surface area contributed by atoms with Gasteiger partial charge < -0.3 is 33.3 Å². The monoisotopic (exact) mass is 948 g/mol. The molecule has 0 saturated heterocycles. The summed E-state index contributed by atoms with van der Waals surface area (Å²) in [4.78, 5) is 37.3. The number of carbonyl (C=O) groups excluding carboxylic acids is 3. The van der Waals surface area contributed by atoms with Crippen LogP contribution in [0.5, 0.6) is 0 Å². The second-order valence-electron chi connectivity index (χ2n) is 20.6. The molecule has 0 bridgehead atoms. The number of unbranched alkanes of at least 4 members (excludes halogenated alkanes) is 34. The van der Waals surface area contributed by atoms with Crippen molar-refractivity contribution in [3.8, 4) is 0 Å². The van der Waals surface area contributed by atoms with E-state index in [1.807, 2.05) is 21.1 Å². The molecule has 2 atom stereocenters. The predicted molar refractivity (Wildman–Crippen MR) is 279 cm³/mol. The lowest BCUT2D eigenvalue weighted by atomic mass is 10.0. The lowest BCUT2D eigenvalue weighted by molar-refractivity contribution is -0.870. The molecule has 9 heteroatoms. The minimum Gasteiger partial charge on any atom is -0.545 e. The van der Waals surface area contributed by atoms with Crippen molar-refractivity contribution in [1.29, 1.82) is 0 Å². The summed E-state index contributed by atoms with van der Waals surface area (Å²) < 4.78 is 22.7. The maximum Gasteiger partial charge on any atom is 0.306 e. The number of ether oxygens (including phenoxy) is 4. The number of nitrogens with zero attached hydrogens (tertiary/aromatic N) is 1. The number of esters is 2. The molecule has 67 heavy (non-hydrogen) atoms. The molecule has 0 aliphatic rings. The van der Waals surface area contributed by atoms with Gasteiger partial charge in [0, 0.05) is 12.8 Å². The fourth-order valence-electron chi connectivity index (χ4n) is 8.27. The van der Waals surface area contributed by atoms with Crippen molar-refractivity contribution in [3.63, 3.8) is 0 Å². The van der Waals surface area contributed by atoms with E-state index >= 15 is 0 Å². The summed E-state index contributed by atoms with van der Waals surface area (Å²) in [7, 11) is 5.93. The third-order valence-electron chi connectivity index (χ3n) is 12.7. The van der Waals surface area contributed by atoms with E-state index in [0.717, 1.165) is 51.4 Å². The Hall–Kier alpha value is -2.23. The molecule has 9 nitrogen and oxygen atoms in total. The van der Waals surface area contributed by atoms with Crippen LogP contribution in [0.2, 0.25) is 0 Å². The van der Waals surface area contributed by atoms with Crippen molar-refractivity contribution in [2.75, 3.05) is 47.5 Å². The van der Waals surface area contributed by atoms with Crippen molar-refractivity contribution in [1.82, 2.24) is 0 Å². The number of hydrogen-bond acceptors (Lipinski definition) is 8. The van der Waals surface area contributed by atoms with E-state index in [1.165, 1.54) is 186 Å². The van der Waals surface area contributed by atoms with Crippen LogP contribution in [0.4, 0.5) is 0 Å². The van der Waals surface area contributed by atoms with Crippen LogP contribution >= 0.6 is 0 Å². The summed E-state index contributed by atoms with van der Waals surface area (Å²) >= 11 is 0. The molecule has 394 valence electrons. The lowest BCUT2D eigenvalue weighted by Crippen LogP contribution is -2.44. The van der Waals surface area contributed by atoms with Crippen LogP contribution in [0.25, 0.3) is 0 Å². The molecule has 0 spiro atoms. The third kappa shape index (κ3) is 51.4. The Labute approximate surface area is 414 Å². The van der Waals surface area contributed by atoms with Gasteiger partial charge in [0.15, 0.2) is 12.4 Å². The number of quaternary nitrogens is 1. The molecule has 0 saturated carbocycles. The van der Waals surface area contributed by atoms with Crippen molar-refractivity contribution in [3.05, 3.63) is 24.3 Å². The van der Waals surface area contributed by atoms with Gasteiger partial charge in [-0.3, -0.25) is 9.59 Å². The molecule has 0 aromatic heterocycles. The molecule has 0 N–H and O–H groups in total. The van der Waals surface area contributed by atoms with Crippen LogP contribution in [-0.4, -0.2) is 82.3 Å². The number of carboxylic acid groups (broad SMARTS) is 1. The first-order chi connectivity index (χ1) is 32.6. The highest BCUT2D eigenvalue weighted by Crippen LogP contribution is 2.17. The van der Waals surface area contributed by atoms with Gasteiger partial charge in [-0.05, 0) is 44.9 Å². The fourth-order valence-corrected chi connectivity index (χ4v) is 8.27. The minimum absolute atomic E-state index is 0.149. The molecule has 2 unspecified atom stereocenters. The van der Waals surface area contributed by atoms with Gasteiger partial charge in [-0.25, -0.2) is 0 Å². The molecular formula is C58H109NO8. The predicted octanol–water partition coefficient (Wildman–Crippen LogP) is 15.0. The van der Waals surface area contributed by atoms with Crippen molar-refractivity contribution >= 4 is 17.9 Å². The van der Waals surface area contributed by atoms with E-state index in [2.05, 4.69) is 38.2 Å². The standard InChI is InChI=1S/C58H109NO8/c1-6-8-10-12-14-16-18-20-22-24-26-28-30-32-34-36-38-40-42-44-46-48-55(60)65-52-54(53-66-58(57(62)63)64-51-50-59(3,4)5)67-56(61)49-47-45-43-41-39-37-35-33-31-29-27-25-23-21-19-17-15-13-11-9-7-2/h19,21,25,27,54,58H,6-18,20,22-24,26,28-53H2,1-5H3/b21-19-,27-25-. The van der Waals surface area contributed by atoms with Crippen LogP contribution in [-0.2, 0) is 33.3 Å². The van der Waals surface area contributed by atoms with Gasteiger partial charge in [0.25, 0.3) is 0 Å². The summed E-state index contributed by atoms with van der Waals surface area (Å²) in [6.07, 6.45) is 55.0. The zero-order valence-electron chi connectivity index (χ0n) is 44.8. The maximum atomic E-state index is 12.8. The van der Waals surface area contributed by atoms with E-state index in [9.17, 15) is 19.5 Å². The number of hydrogen-bond donors (Lipinski definition) is 0. The summed E-state index contributed by atoms with van der Waals surface area (Å²) in [6.45, 7) is 4.78. The quantitative estimate of drug-likeness (QED) is 0.0195. The highest BCUT2D eigenvalue weighted by Gasteiger charge is 2.22. The highest BCUT2D eigenvalue weighted by atomic mass is 16.7. The second-order valence-corrected chi connectivity index (χ2v) is 20.6. The summed E-state index contributed by atoms with van der Waals surface area (Å²) in [5.41, 5.74) is 0. The first kappa shape index (κ1) is 64.8. The smallest absolute Gasteiger partial charge is 0.306 e. The number of rotatable bonds is 53. The van der Waals surface area contributed by atoms with Crippen molar-refractivity contribution < 1.29 is 42.9 Å². The maximum absolute atomic E-state index is 12.8. The SMILES string of the molecule is CCCCCCC/C=C\C/C=C\CCCCCCCCCCCC(=O)OC(COC(=O)CCCCCCCCCCCCCCCCCCCCCCC)COC(OCC[N+](C)(C)C)C(=O)[O-]. The molecule has 0 fully saturated rings. The first-order valence-corrected chi connectivity index (χ1v) is 28.5. The second kappa shape index (κ2) is 50.2. The van der Waals surface area contributed by atoms with Crippen LogP contribution in [0, 0.1) is 0 Å². The van der Waals surface area contributed by atoms with Gasteiger partial charge in [-0.1, -0.05) is 237 Å². The third-order valence-corrected chi connectivity index (χ3v) is 12.7. The van der Waals surface area contributed by atoms with Gasteiger partial charge in [0.05, 0.1) is 40.3 Å². The molecular weight excluding hydrogens is 839 g/mol. The molecule has 0 aromatic carbocycles. The zero-order chi connectivity index (χ0) is 49.2. The molecule has 0 aliphatic heterocycles. The van der Waals surface area contributed by atoms with Gasteiger partial charge >= 0.3 is 11.9 Å². The van der Waals surface area contributed by atoms with Crippen LogP contribution in [0.1, 0.15) is 271 Å². The van der Waals surface area contributed by atoms with Crippen LogP contribution in [0.3, 0.4) is 0 Å². The molecule has 0 aliphatic carbocycles. The zero-order valence-corrected chi connectivity index (χ0v) is 44.8. The summed E-state index contributed by atoms with van der Waals surface area (Å²) in [5, 5.41) is 11.8. The molecule has 0 rings (SSSR count). The minimum atomic E-state index is -1.62. The highest BCUT2D eigenvalue weighted by molar-refractivity contribution is 5.70. The molecule has 0 amide bonds. The Balaban J connectivity index is 4.25. The Bertz CT molecular complexity index is 1150. The van der Waals surface area contributed by atoms with Crippen LogP contribution < -0.4 is 5.11 Å². The van der Waals surface area contributed by atoms with E-state index in [0.29, 0.717) is 23.9 Å². The Kier molecular flexibility index (Phi) is 48.5. The number of carboxylic acids is 1. The average molecular weight is 949 g/mol. The van der Waals surface area contributed by atoms with Gasteiger partial charge in [0.2, 0.25) is 0 Å². The Morgan fingerprint density at radius 2 is 0.806 bits per heavy atom. The van der Waals surface area contributed by atoms with Gasteiger partial charge in [-0.15, -0.1) is 0 Å². The van der Waals surface area contributed by atoms with E-state index in [1.54, 1.807) is 0 Å². The molecule has 0 radical (unpaired) electrons. The number of likely N-dealkylation sites (N-methyl/N-ethyl adjacent to an activating group) is 1. The number of carbonyl (C=O) groups is 3. The van der Waals surface area contributed by atoms with Crippen molar-refractivity contribution in [2.45, 2.75) is 283 Å². The molecule has 0 aromatic rings. The Morgan fingerprint density at radius 3 is 1.18 bits per heavy atom. The summed E-state index contributed by atoms with van der Waals surface area (Å²) in [6, 6.07) is 0. The van der Waals surface area contributed by atoms with E-state index in [-0.39, 0.29) is 32.2 Å².